The normalized spacial score (nSPS) is 40.1. The second-order valence-electron chi connectivity index (χ2n) is 13.0. The molecule has 6 nitrogen and oxygen atoms in total. The highest BCUT2D eigenvalue weighted by Crippen LogP contribution is 2.67. The van der Waals surface area contributed by atoms with Gasteiger partial charge in [-0.05, 0) is 54.5 Å². The van der Waals surface area contributed by atoms with Crippen molar-refractivity contribution >= 4 is 12.0 Å². The third kappa shape index (κ3) is 4.15. The molecular weight excluding hydrogens is 521 g/mol. The summed E-state index contributed by atoms with van der Waals surface area (Å²) in [6, 6.07) is 8.66. The van der Waals surface area contributed by atoms with E-state index in [1.807, 2.05) is 6.08 Å². The first-order valence-electron chi connectivity index (χ1n) is 14.5. The van der Waals surface area contributed by atoms with E-state index in [-0.39, 0.29) is 11.5 Å². The zero-order valence-electron chi connectivity index (χ0n) is 22.6. The van der Waals surface area contributed by atoms with E-state index in [4.69, 9.17) is 4.74 Å². The lowest BCUT2D eigenvalue weighted by Gasteiger charge is -2.61. The molecule has 2 heterocycles. The Balaban J connectivity index is 1.22. The van der Waals surface area contributed by atoms with Crippen molar-refractivity contribution in [2.45, 2.75) is 75.3 Å². The van der Waals surface area contributed by atoms with Crippen molar-refractivity contribution in [1.29, 1.82) is 0 Å². The van der Waals surface area contributed by atoms with Crippen LogP contribution in [0.4, 0.5) is 13.2 Å². The Labute approximate surface area is 232 Å². The summed E-state index contributed by atoms with van der Waals surface area (Å²) in [5.41, 5.74) is 0.406. The Morgan fingerprint density at radius 2 is 2.00 bits per heavy atom. The van der Waals surface area contributed by atoms with Crippen molar-refractivity contribution in [1.82, 2.24) is 5.32 Å². The molecule has 2 saturated heterocycles. The van der Waals surface area contributed by atoms with Crippen LogP contribution in [0.5, 0.6) is 0 Å². The fourth-order valence-corrected chi connectivity index (χ4v) is 8.77. The van der Waals surface area contributed by atoms with Gasteiger partial charge in [0.05, 0.1) is 32.3 Å². The van der Waals surface area contributed by atoms with Crippen LogP contribution in [0.3, 0.4) is 0 Å². The van der Waals surface area contributed by atoms with E-state index < -0.39 is 29.9 Å². The summed E-state index contributed by atoms with van der Waals surface area (Å²) in [5, 5.41) is 14.4. The molecule has 1 amide bonds. The van der Waals surface area contributed by atoms with Crippen LogP contribution >= 0.6 is 0 Å². The summed E-state index contributed by atoms with van der Waals surface area (Å²) in [5.74, 6) is -0.848. The summed E-state index contributed by atoms with van der Waals surface area (Å²) in [4.78, 5) is 13.3. The lowest BCUT2D eigenvalue weighted by atomic mass is 9.50. The van der Waals surface area contributed by atoms with Crippen molar-refractivity contribution in [2.24, 2.45) is 17.3 Å². The van der Waals surface area contributed by atoms with E-state index in [0.29, 0.717) is 17.5 Å². The zero-order valence-corrected chi connectivity index (χ0v) is 22.6. The molecule has 6 aliphatic rings. The number of piperidine rings is 1. The van der Waals surface area contributed by atoms with Gasteiger partial charge >= 0.3 is 6.36 Å². The Morgan fingerprint density at radius 1 is 1.23 bits per heavy atom. The average molecular weight is 558 g/mol. The summed E-state index contributed by atoms with van der Waals surface area (Å²) in [7, 11) is 2.42. The molecular formula is C31H36F3N2O4+. The van der Waals surface area contributed by atoms with Crippen molar-refractivity contribution < 1.29 is 37.0 Å². The van der Waals surface area contributed by atoms with Crippen LogP contribution in [0.2, 0.25) is 0 Å². The molecule has 7 atom stereocenters. The summed E-state index contributed by atoms with van der Waals surface area (Å²) in [6.07, 6.45) is 5.97. The number of halogens is 3. The Bertz CT molecular complexity index is 1310. The molecule has 4 fully saturated rings. The maximum atomic E-state index is 13.3. The topological polar surface area (TPSA) is 67.8 Å². The van der Waals surface area contributed by atoms with Crippen LogP contribution in [0.1, 0.15) is 50.5 Å². The number of nitrogens with zero attached hydrogens (tertiary/aromatic N) is 1. The number of hydrogen-bond donors (Lipinski definition) is 2. The molecule has 40 heavy (non-hydrogen) atoms. The Morgan fingerprint density at radius 3 is 2.73 bits per heavy atom. The molecule has 0 aromatic heterocycles. The standard InChI is InChI=1S/C31H35F3N2O4/c1-36(18-20-10-11-20)15-14-29-22-8-5-9-25(29)39-27-26(29)21(17-23(22)36)12-13-30(27,38)35-28(37)24(40-31(32,33)34)16-19-6-3-2-4-7-19/h2-4,6-7,12-13,16,20,22-23,25,27,38H,5,8-11,14-15,17-18H2,1H3/p+1/t22-,23+,25-,27?,29+,30?,36?/m0/s1. The molecule has 1 spiro atoms. The number of nitrogens with one attached hydrogen (secondary N) is 1. The van der Waals surface area contributed by atoms with Gasteiger partial charge in [0.25, 0.3) is 5.91 Å². The van der Waals surface area contributed by atoms with Gasteiger partial charge in [0.1, 0.15) is 6.10 Å². The van der Waals surface area contributed by atoms with Gasteiger partial charge in [0, 0.05) is 30.1 Å². The van der Waals surface area contributed by atoms with Crippen molar-refractivity contribution in [2.75, 3.05) is 20.1 Å². The molecule has 9 heteroatoms. The van der Waals surface area contributed by atoms with Crippen LogP contribution in [0, 0.1) is 17.3 Å². The summed E-state index contributed by atoms with van der Waals surface area (Å²) < 4.78 is 51.7. The largest absolute Gasteiger partial charge is 0.573 e. The predicted octanol–water partition coefficient (Wildman–Crippen LogP) is 4.82. The van der Waals surface area contributed by atoms with E-state index in [1.54, 1.807) is 30.3 Å². The van der Waals surface area contributed by atoms with Gasteiger partial charge < -0.3 is 24.4 Å². The molecule has 3 unspecified atom stereocenters. The van der Waals surface area contributed by atoms with Crippen molar-refractivity contribution in [3.63, 3.8) is 0 Å². The lowest BCUT2D eigenvalue weighted by molar-refractivity contribution is -0.947. The van der Waals surface area contributed by atoms with Gasteiger partial charge in [-0.1, -0.05) is 42.8 Å². The minimum atomic E-state index is -5.07. The molecule has 7 rings (SSSR count). The second-order valence-corrected chi connectivity index (χ2v) is 13.0. The van der Waals surface area contributed by atoms with Crippen LogP contribution in [-0.2, 0) is 14.3 Å². The van der Waals surface area contributed by atoms with Crippen LogP contribution in [0.15, 0.2) is 59.4 Å². The average Bonchev–Trinajstić information content (AvgIpc) is 3.64. The number of aliphatic hydroxyl groups is 1. The molecule has 214 valence electrons. The molecule has 1 aromatic rings. The first kappa shape index (κ1) is 26.3. The number of alkyl halides is 3. The third-order valence-electron chi connectivity index (χ3n) is 10.5. The third-order valence-corrected chi connectivity index (χ3v) is 10.5. The molecule has 2 bridgehead atoms. The SMILES string of the molecule is C[N+]1(CC2CC2)CC[C@]23C4=C5C=CC(O)(NC(=O)C(=Cc6ccccc6)OC(F)(F)F)C4O[C@H]2CCC[C@H]3[C@H]1C5. The Hall–Kier alpha value is -2.62. The monoisotopic (exact) mass is 557 g/mol. The lowest BCUT2D eigenvalue weighted by Crippen LogP contribution is -2.69. The maximum Gasteiger partial charge on any atom is 0.573 e. The number of rotatable bonds is 6. The number of allylic oxidation sites excluding steroid dienone is 1. The number of ether oxygens (including phenoxy) is 2. The van der Waals surface area contributed by atoms with E-state index in [2.05, 4.69) is 17.1 Å². The van der Waals surface area contributed by atoms with Crippen molar-refractivity contribution in [3.05, 3.63) is 65.0 Å². The fraction of sp³-hybridized carbons (Fsp3) is 0.581. The molecule has 4 aliphatic carbocycles. The molecule has 2 aliphatic heterocycles. The van der Waals surface area contributed by atoms with Gasteiger partial charge in [-0.15, -0.1) is 13.2 Å². The highest BCUT2D eigenvalue weighted by molar-refractivity contribution is 5.96. The molecule has 2 saturated carbocycles. The highest BCUT2D eigenvalue weighted by Gasteiger charge is 2.70. The second kappa shape index (κ2) is 8.94. The van der Waals surface area contributed by atoms with Gasteiger partial charge in [-0.25, -0.2) is 0 Å². The molecule has 2 N–H and O–H groups in total. The Kier molecular flexibility index (Phi) is 5.87. The first-order valence-corrected chi connectivity index (χ1v) is 14.5. The number of benzene rings is 1. The van der Waals surface area contributed by atoms with Crippen LogP contribution < -0.4 is 5.32 Å². The van der Waals surface area contributed by atoms with E-state index >= 15 is 0 Å². The summed E-state index contributed by atoms with van der Waals surface area (Å²) >= 11 is 0. The number of amides is 1. The molecule has 1 aromatic carbocycles. The van der Waals surface area contributed by atoms with Gasteiger partial charge in [0.2, 0.25) is 0 Å². The number of hydrogen-bond acceptors (Lipinski definition) is 4. The van der Waals surface area contributed by atoms with Gasteiger partial charge in [0.15, 0.2) is 11.5 Å². The number of carbonyl (C=O) groups is 1. The van der Waals surface area contributed by atoms with Gasteiger partial charge in [-0.2, -0.15) is 0 Å². The first-order chi connectivity index (χ1) is 19.0. The van der Waals surface area contributed by atoms with Crippen LogP contribution in [0.25, 0.3) is 6.08 Å². The summed E-state index contributed by atoms with van der Waals surface area (Å²) in [6.45, 7) is 2.27. The zero-order chi connectivity index (χ0) is 27.9. The smallest absolute Gasteiger partial charge is 0.400 e. The quantitative estimate of drug-likeness (QED) is 0.228. The minimum Gasteiger partial charge on any atom is -0.400 e. The van der Waals surface area contributed by atoms with Crippen molar-refractivity contribution in [3.8, 4) is 0 Å². The number of quaternary nitrogens is 1. The number of likely N-dealkylation sites (tertiary alicyclic amines) is 1. The maximum absolute atomic E-state index is 13.3. The fourth-order valence-electron chi connectivity index (χ4n) is 8.77. The van der Waals surface area contributed by atoms with Crippen LogP contribution in [-0.4, -0.2) is 66.0 Å². The minimum absolute atomic E-state index is 0.0761. The predicted molar refractivity (Wildman–Crippen MR) is 141 cm³/mol. The molecule has 0 radical (unpaired) electrons. The number of carbonyl (C=O) groups excluding carboxylic acids is 1. The van der Waals surface area contributed by atoms with E-state index in [1.165, 1.54) is 31.0 Å². The van der Waals surface area contributed by atoms with E-state index in [0.717, 1.165) is 60.7 Å². The highest BCUT2D eigenvalue weighted by atomic mass is 19.4. The van der Waals surface area contributed by atoms with Gasteiger partial charge in [-0.3, -0.25) is 4.79 Å². The van der Waals surface area contributed by atoms with E-state index in [9.17, 15) is 23.1 Å².